The van der Waals surface area contributed by atoms with E-state index in [0.29, 0.717) is 17.9 Å². The van der Waals surface area contributed by atoms with Crippen molar-refractivity contribution in [3.05, 3.63) is 28.6 Å². The molecule has 1 saturated carbocycles. The van der Waals surface area contributed by atoms with Gasteiger partial charge in [-0.05, 0) is 32.3 Å². The monoisotopic (exact) mass is 347 g/mol. The zero-order valence-corrected chi connectivity index (χ0v) is 14.8. The zero-order chi connectivity index (χ0) is 17.8. The Labute approximate surface area is 146 Å². The van der Waals surface area contributed by atoms with Crippen molar-refractivity contribution in [2.45, 2.75) is 65.0 Å². The summed E-state index contributed by atoms with van der Waals surface area (Å²) in [7, 11) is 0. The summed E-state index contributed by atoms with van der Waals surface area (Å²) in [5.41, 5.74) is 0.662. The van der Waals surface area contributed by atoms with E-state index in [-0.39, 0.29) is 23.8 Å². The molecule has 1 N–H and O–H groups in total. The number of carbonyl (C=O) groups is 1. The third-order valence-corrected chi connectivity index (χ3v) is 4.90. The highest BCUT2D eigenvalue weighted by atomic mass is 16.4. The lowest BCUT2D eigenvalue weighted by atomic mass is 9.88. The molecule has 0 aliphatic heterocycles. The highest BCUT2D eigenvalue weighted by Gasteiger charge is 2.24. The molecule has 3 rings (SSSR count). The molecule has 7 nitrogen and oxygen atoms in total. The van der Waals surface area contributed by atoms with Gasteiger partial charge in [-0.3, -0.25) is 4.79 Å². The number of nitrogens with zero attached hydrogens (tertiary/aromatic N) is 2. The van der Waals surface area contributed by atoms with Crippen LogP contribution in [0.3, 0.4) is 0 Å². The van der Waals surface area contributed by atoms with Gasteiger partial charge in [-0.1, -0.05) is 26.2 Å². The maximum absolute atomic E-state index is 12.4. The number of aromatic nitrogens is 2. The molecule has 2 aromatic rings. The van der Waals surface area contributed by atoms with E-state index in [9.17, 15) is 9.59 Å². The fourth-order valence-electron chi connectivity index (χ4n) is 3.31. The molecule has 0 bridgehead atoms. The van der Waals surface area contributed by atoms with Gasteiger partial charge in [0.25, 0.3) is 5.89 Å². The molecule has 0 spiro atoms. The van der Waals surface area contributed by atoms with E-state index >= 15 is 0 Å². The van der Waals surface area contributed by atoms with E-state index in [1.807, 2.05) is 6.92 Å². The minimum atomic E-state index is -0.527. The van der Waals surface area contributed by atoms with Crippen molar-refractivity contribution >= 4 is 5.91 Å². The van der Waals surface area contributed by atoms with E-state index in [1.165, 1.54) is 17.4 Å². The lowest BCUT2D eigenvalue weighted by Gasteiger charge is -2.24. The van der Waals surface area contributed by atoms with E-state index in [2.05, 4.69) is 10.4 Å². The van der Waals surface area contributed by atoms with Crippen LogP contribution < -0.4 is 11.1 Å². The minimum absolute atomic E-state index is 0.0917. The molecule has 1 fully saturated rings. The summed E-state index contributed by atoms with van der Waals surface area (Å²) in [5, 5.41) is 7.32. The molecule has 0 aromatic carbocycles. The lowest BCUT2D eigenvalue weighted by molar-refractivity contribution is -0.126. The fraction of sp³-hybridized carbons (Fsp3) is 0.611. The van der Waals surface area contributed by atoms with Crippen LogP contribution in [-0.2, 0) is 11.3 Å². The lowest BCUT2D eigenvalue weighted by Crippen LogP contribution is -2.42. The summed E-state index contributed by atoms with van der Waals surface area (Å²) in [6.45, 7) is 4.07. The second-order valence-corrected chi connectivity index (χ2v) is 6.69. The molecule has 0 unspecified atom stereocenters. The number of aryl methyl sites for hydroxylation is 1. The highest BCUT2D eigenvalue weighted by Crippen LogP contribution is 2.24. The number of nitrogens with one attached hydrogen (secondary N) is 1. The van der Waals surface area contributed by atoms with Gasteiger partial charge < -0.3 is 14.2 Å². The van der Waals surface area contributed by atoms with E-state index in [4.69, 9.17) is 8.83 Å². The third-order valence-electron chi connectivity index (χ3n) is 4.90. The first-order valence-electron chi connectivity index (χ1n) is 9.01. The quantitative estimate of drug-likeness (QED) is 0.868. The van der Waals surface area contributed by atoms with Crippen LogP contribution in [0.25, 0.3) is 11.5 Å². The van der Waals surface area contributed by atoms with Crippen LogP contribution >= 0.6 is 0 Å². The Morgan fingerprint density at radius 1 is 1.40 bits per heavy atom. The predicted octanol–water partition coefficient (Wildman–Crippen LogP) is 2.88. The van der Waals surface area contributed by atoms with E-state index in [0.717, 1.165) is 32.1 Å². The first-order valence-corrected chi connectivity index (χ1v) is 9.01. The van der Waals surface area contributed by atoms with E-state index < -0.39 is 5.76 Å². The molecule has 1 aliphatic rings. The van der Waals surface area contributed by atoms with Crippen LogP contribution in [0.4, 0.5) is 0 Å². The average molecular weight is 347 g/mol. The number of furan rings is 1. The van der Waals surface area contributed by atoms with Crippen molar-refractivity contribution in [2.24, 2.45) is 5.92 Å². The number of hydrogen-bond acceptors (Lipinski definition) is 5. The Morgan fingerprint density at radius 2 is 2.16 bits per heavy atom. The van der Waals surface area contributed by atoms with Gasteiger partial charge in [0, 0.05) is 12.0 Å². The summed E-state index contributed by atoms with van der Waals surface area (Å²) >= 11 is 0. The fourth-order valence-corrected chi connectivity index (χ4v) is 3.31. The SMILES string of the molecule is CC[C@H](Cn1nc(-c2ccoc2C)oc1=O)NC(=O)C1CCCCC1. The Balaban J connectivity index is 1.67. The standard InChI is InChI=1S/C18H25N3O4/c1-3-14(19-16(22)13-7-5-4-6-8-13)11-21-18(23)25-17(20-21)15-9-10-24-12(15)2/h9-10,13-14H,3-8,11H2,1-2H3,(H,19,22)/t14-/m1/s1. The zero-order valence-electron chi connectivity index (χ0n) is 14.8. The average Bonchev–Trinajstić information content (AvgIpc) is 3.20. The maximum Gasteiger partial charge on any atom is 0.437 e. The van der Waals surface area contributed by atoms with Crippen molar-refractivity contribution in [1.29, 1.82) is 0 Å². The molecule has 2 heterocycles. The molecule has 1 aliphatic carbocycles. The summed E-state index contributed by atoms with van der Waals surface area (Å²) in [6, 6.07) is 1.57. The van der Waals surface area contributed by atoms with Gasteiger partial charge in [-0.2, -0.15) is 4.68 Å². The van der Waals surface area contributed by atoms with Crippen molar-refractivity contribution in [3.63, 3.8) is 0 Å². The van der Waals surface area contributed by atoms with Crippen LogP contribution in [-0.4, -0.2) is 21.7 Å². The van der Waals surface area contributed by atoms with Gasteiger partial charge in [0.15, 0.2) is 0 Å². The van der Waals surface area contributed by atoms with Crippen molar-refractivity contribution in [3.8, 4) is 11.5 Å². The van der Waals surface area contributed by atoms with Gasteiger partial charge >= 0.3 is 5.76 Å². The Morgan fingerprint density at radius 3 is 2.80 bits per heavy atom. The molecule has 0 saturated heterocycles. The Bertz CT molecular complexity index is 767. The summed E-state index contributed by atoms with van der Waals surface area (Å²) in [6.07, 6.45) is 7.61. The number of hydrogen-bond donors (Lipinski definition) is 1. The van der Waals surface area contributed by atoms with Gasteiger partial charge in [-0.15, -0.1) is 5.10 Å². The van der Waals surface area contributed by atoms with Crippen molar-refractivity contribution in [2.75, 3.05) is 0 Å². The molecule has 0 radical (unpaired) electrons. The second kappa shape index (κ2) is 7.72. The van der Waals surface area contributed by atoms with Crippen molar-refractivity contribution < 1.29 is 13.6 Å². The molecular formula is C18H25N3O4. The molecule has 136 valence electrons. The van der Waals surface area contributed by atoms with Crippen LogP contribution in [0.1, 0.15) is 51.2 Å². The molecule has 2 aromatic heterocycles. The van der Waals surface area contributed by atoms with Crippen molar-refractivity contribution in [1.82, 2.24) is 15.1 Å². The van der Waals surface area contributed by atoms with Crippen LogP contribution in [0.15, 0.2) is 26.0 Å². The molecule has 1 atom stereocenters. The van der Waals surface area contributed by atoms with Crippen LogP contribution in [0.2, 0.25) is 0 Å². The largest absolute Gasteiger partial charge is 0.469 e. The van der Waals surface area contributed by atoms with Crippen LogP contribution in [0, 0.1) is 12.8 Å². The van der Waals surface area contributed by atoms with E-state index in [1.54, 1.807) is 13.0 Å². The predicted molar refractivity (Wildman–Crippen MR) is 92.0 cm³/mol. The smallest absolute Gasteiger partial charge is 0.437 e. The third kappa shape index (κ3) is 4.03. The summed E-state index contributed by atoms with van der Waals surface area (Å²) in [5.74, 6) is 0.548. The van der Waals surface area contributed by atoms with Gasteiger partial charge in [0.2, 0.25) is 5.91 Å². The normalized spacial score (nSPS) is 16.7. The number of carbonyl (C=O) groups excluding carboxylic acids is 1. The summed E-state index contributed by atoms with van der Waals surface area (Å²) < 4.78 is 11.7. The molecule has 25 heavy (non-hydrogen) atoms. The maximum atomic E-state index is 12.4. The first-order chi connectivity index (χ1) is 12.1. The number of amides is 1. The summed E-state index contributed by atoms with van der Waals surface area (Å²) in [4.78, 5) is 24.5. The topological polar surface area (TPSA) is 90.3 Å². The molecular weight excluding hydrogens is 322 g/mol. The molecule has 7 heteroatoms. The highest BCUT2D eigenvalue weighted by molar-refractivity contribution is 5.79. The Hall–Kier alpha value is -2.31. The molecule has 1 amide bonds. The van der Waals surface area contributed by atoms with Gasteiger partial charge in [0.1, 0.15) is 5.76 Å². The second-order valence-electron chi connectivity index (χ2n) is 6.69. The van der Waals surface area contributed by atoms with Crippen LogP contribution in [0.5, 0.6) is 0 Å². The number of rotatable bonds is 6. The van der Waals surface area contributed by atoms with Gasteiger partial charge in [0.05, 0.1) is 18.4 Å². The van der Waals surface area contributed by atoms with Gasteiger partial charge in [-0.25, -0.2) is 4.79 Å². The Kier molecular flexibility index (Phi) is 5.40. The first kappa shape index (κ1) is 17.5. The minimum Gasteiger partial charge on any atom is -0.469 e.